The Labute approximate surface area is 136 Å². The Balaban J connectivity index is 1.80. The first-order valence-electron chi connectivity index (χ1n) is 7.94. The molecule has 0 aromatic heterocycles. The molecular weight excluding hydrogens is 297 g/mol. The van der Waals surface area contributed by atoms with E-state index < -0.39 is 0 Å². The number of anilines is 1. The molecule has 1 N–H and O–H groups in total. The summed E-state index contributed by atoms with van der Waals surface area (Å²) >= 11 is 0. The highest BCUT2D eigenvalue weighted by Crippen LogP contribution is 2.14. The van der Waals surface area contributed by atoms with E-state index in [0.717, 1.165) is 0 Å². The van der Waals surface area contributed by atoms with Crippen molar-refractivity contribution in [2.45, 2.75) is 20.8 Å². The molecule has 0 atom stereocenters. The van der Waals surface area contributed by atoms with Crippen molar-refractivity contribution in [3.8, 4) is 0 Å². The first kappa shape index (κ1) is 17.4. The molecule has 0 aliphatic carbocycles. The second kappa shape index (κ2) is 7.55. The standard InChI is InChI=1S/C17H24FN3O2/c1-12(2)17(23)21-8-6-20(7-9-21)11-16(22)19-14-5-4-13(3)15(18)10-14/h4-5,10,12H,6-9,11H2,1-3H3,(H,19,22). The number of benzene rings is 1. The third-order valence-corrected chi connectivity index (χ3v) is 4.00. The molecule has 1 saturated heterocycles. The van der Waals surface area contributed by atoms with Crippen LogP contribution in [0.4, 0.5) is 10.1 Å². The van der Waals surface area contributed by atoms with E-state index in [4.69, 9.17) is 0 Å². The number of hydrogen-bond donors (Lipinski definition) is 1. The summed E-state index contributed by atoms with van der Waals surface area (Å²) in [4.78, 5) is 27.8. The molecule has 6 heteroatoms. The second-order valence-corrected chi connectivity index (χ2v) is 6.27. The lowest BCUT2D eigenvalue weighted by Gasteiger charge is -2.35. The van der Waals surface area contributed by atoms with E-state index in [1.54, 1.807) is 19.1 Å². The Morgan fingerprint density at radius 2 is 1.87 bits per heavy atom. The molecule has 0 radical (unpaired) electrons. The minimum absolute atomic E-state index is 0.00119. The number of aryl methyl sites for hydroxylation is 1. The first-order valence-corrected chi connectivity index (χ1v) is 7.94. The van der Waals surface area contributed by atoms with Crippen molar-refractivity contribution in [1.29, 1.82) is 0 Å². The highest BCUT2D eigenvalue weighted by molar-refractivity contribution is 5.92. The van der Waals surface area contributed by atoms with Crippen LogP contribution in [0.15, 0.2) is 18.2 Å². The second-order valence-electron chi connectivity index (χ2n) is 6.27. The van der Waals surface area contributed by atoms with Gasteiger partial charge in [0.15, 0.2) is 0 Å². The molecule has 0 bridgehead atoms. The first-order chi connectivity index (χ1) is 10.9. The van der Waals surface area contributed by atoms with E-state index in [1.807, 2.05) is 23.6 Å². The molecule has 0 spiro atoms. The Hall–Kier alpha value is -1.95. The predicted octanol–water partition coefficient (Wildman–Crippen LogP) is 1.87. The Bertz CT molecular complexity index is 581. The van der Waals surface area contributed by atoms with Crippen molar-refractivity contribution < 1.29 is 14.0 Å². The van der Waals surface area contributed by atoms with Gasteiger partial charge in [-0.2, -0.15) is 0 Å². The third-order valence-electron chi connectivity index (χ3n) is 4.00. The summed E-state index contributed by atoms with van der Waals surface area (Å²) in [6.07, 6.45) is 0. The van der Waals surface area contributed by atoms with Crippen LogP contribution in [0.5, 0.6) is 0 Å². The number of carbonyl (C=O) groups excluding carboxylic acids is 2. The molecule has 2 rings (SSSR count). The van der Waals surface area contributed by atoms with E-state index in [9.17, 15) is 14.0 Å². The minimum atomic E-state index is -0.330. The van der Waals surface area contributed by atoms with Crippen LogP contribution in [0.3, 0.4) is 0 Å². The fraction of sp³-hybridized carbons (Fsp3) is 0.529. The summed E-state index contributed by atoms with van der Waals surface area (Å²) in [6.45, 7) is 8.35. The topological polar surface area (TPSA) is 52.7 Å². The molecule has 0 saturated carbocycles. The Morgan fingerprint density at radius 3 is 2.43 bits per heavy atom. The van der Waals surface area contributed by atoms with Gasteiger partial charge in [-0.1, -0.05) is 19.9 Å². The monoisotopic (exact) mass is 321 g/mol. The molecule has 23 heavy (non-hydrogen) atoms. The fourth-order valence-corrected chi connectivity index (χ4v) is 2.57. The van der Waals surface area contributed by atoms with E-state index in [2.05, 4.69) is 5.32 Å². The summed E-state index contributed by atoms with van der Waals surface area (Å²) in [5.74, 6) is -0.342. The number of carbonyl (C=O) groups is 2. The van der Waals surface area contributed by atoms with E-state index in [0.29, 0.717) is 37.4 Å². The lowest BCUT2D eigenvalue weighted by Crippen LogP contribution is -2.51. The van der Waals surface area contributed by atoms with Gasteiger partial charge in [0.25, 0.3) is 0 Å². The summed E-state index contributed by atoms with van der Waals surface area (Å²) in [5, 5.41) is 2.71. The van der Waals surface area contributed by atoms with Crippen molar-refractivity contribution in [2.75, 3.05) is 38.0 Å². The van der Waals surface area contributed by atoms with Gasteiger partial charge in [-0.3, -0.25) is 14.5 Å². The fourth-order valence-electron chi connectivity index (χ4n) is 2.57. The maximum absolute atomic E-state index is 13.5. The van der Waals surface area contributed by atoms with Crippen molar-refractivity contribution in [3.63, 3.8) is 0 Å². The number of nitrogens with one attached hydrogen (secondary N) is 1. The molecular formula is C17H24FN3O2. The normalized spacial score (nSPS) is 15.8. The molecule has 2 amide bonds. The average molecular weight is 321 g/mol. The van der Waals surface area contributed by atoms with Gasteiger partial charge in [-0.25, -0.2) is 4.39 Å². The van der Waals surface area contributed by atoms with Crippen LogP contribution < -0.4 is 5.32 Å². The van der Waals surface area contributed by atoms with E-state index >= 15 is 0 Å². The van der Waals surface area contributed by atoms with Crippen LogP contribution in [-0.4, -0.2) is 54.3 Å². The van der Waals surface area contributed by atoms with Gasteiger partial charge in [0, 0.05) is 37.8 Å². The number of rotatable bonds is 4. The van der Waals surface area contributed by atoms with Gasteiger partial charge in [0.2, 0.25) is 11.8 Å². The zero-order valence-electron chi connectivity index (χ0n) is 13.9. The molecule has 126 valence electrons. The van der Waals surface area contributed by atoms with Crippen LogP contribution in [-0.2, 0) is 9.59 Å². The van der Waals surface area contributed by atoms with Gasteiger partial charge in [-0.15, -0.1) is 0 Å². The molecule has 0 unspecified atom stereocenters. The Morgan fingerprint density at radius 1 is 1.22 bits per heavy atom. The third kappa shape index (κ3) is 4.76. The van der Waals surface area contributed by atoms with Crippen molar-refractivity contribution in [3.05, 3.63) is 29.6 Å². The zero-order chi connectivity index (χ0) is 17.0. The number of nitrogens with zero attached hydrogens (tertiary/aromatic N) is 2. The molecule has 1 fully saturated rings. The van der Waals surface area contributed by atoms with Crippen LogP contribution in [0, 0.1) is 18.7 Å². The number of amides is 2. The number of hydrogen-bond acceptors (Lipinski definition) is 3. The van der Waals surface area contributed by atoms with Gasteiger partial charge >= 0.3 is 0 Å². The maximum atomic E-state index is 13.5. The highest BCUT2D eigenvalue weighted by atomic mass is 19.1. The Kier molecular flexibility index (Phi) is 5.71. The molecule has 1 heterocycles. The SMILES string of the molecule is Cc1ccc(NC(=O)CN2CCN(C(=O)C(C)C)CC2)cc1F. The van der Waals surface area contributed by atoms with Crippen molar-refractivity contribution in [2.24, 2.45) is 5.92 Å². The van der Waals surface area contributed by atoms with E-state index in [-0.39, 0.29) is 30.1 Å². The molecule has 1 aliphatic rings. The summed E-state index contributed by atoms with van der Waals surface area (Å²) in [5.41, 5.74) is 1.01. The molecule has 1 aromatic rings. The molecule has 1 aliphatic heterocycles. The van der Waals surface area contributed by atoms with Crippen LogP contribution >= 0.6 is 0 Å². The molecule has 1 aromatic carbocycles. The number of piperazine rings is 1. The predicted molar refractivity (Wildman–Crippen MR) is 87.6 cm³/mol. The van der Waals surface area contributed by atoms with Gasteiger partial charge in [0.1, 0.15) is 5.82 Å². The van der Waals surface area contributed by atoms with Crippen molar-refractivity contribution >= 4 is 17.5 Å². The van der Waals surface area contributed by atoms with Crippen LogP contribution in [0.25, 0.3) is 0 Å². The maximum Gasteiger partial charge on any atom is 0.238 e. The largest absolute Gasteiger partial charge is 0.340 e. The summed E-state index contributed by atoms with van der Waals surface area (Å²) in [6, 6.07) is 4.66. The van der Waals surface area contributed by atoms with Gasteiger partial charge in [0.05, 0.1) is 6.54 Å². The van der Waals surface area contributed by atoms with Gasteiger partial charge < -0.3 is 10.2 Å². The smallest absolute Gasteiger partial charge is 0.238 e. The quantitative estimate of drug-likeness (QED) is 0.921. The molecule has 5 nitrogen and oxygen atoms in total. The van der Waals surface area contributed by atoms with Crippen LogP contribution in [0.1, 0.15) is 19.4 Å². The van der Waals surface area contributed by atoms with Crippen LogP contribution in [0.2, 0.25) is 0 Å². The minimum Gasteiger partial charge on any atom is -0.340 e. The van der Waals surface area contributed by atoms with Gasteiger partial charge in [-0.05, 0) is 24.6 Å². The van der Waals surface area contributed by atoms with Crippen molar-refractivity contribution in [1.82, 2.24) is 9.80 Å². The highest BCUT2D eigenvalue weighted by Gasteiger charge is 2.23. The number of halogens is 1. The lowest BCUT2D eigenvalue weighted by atomic mass is 10.1. The average Bonchev–Trinajstić information content (AvgIpc) is 2.51. The summed E-state index contributed by atoms with van der Waals surface area (Å²) in [7, 11) is 0. The van der Waals surface area contributed by atoms with E-state index in [1.165, 1.54) is 6.07 Å². The lowest BCUT2D eigenvalue weighted by molar-refractivity contribution is -0.136. The summed E-state index contributed by atoms with van der Waals surface area (Å²) < 4.78 is 13.5. The zero-order valence-corrected chi connectivity index (χ0v) is 13.9.